The maximum absolute atomic E-state index is 10.6. The Morgan fingerprint density at radius 1 is 1.23 bits per heavy atom. The first-order valence-corrected chi connectivity index (χ1v) is 9.76. The molecule has 1 aromatic carbocycles. The lowest BCUT2D eigenvalue weighted by Crippen LogP contribution is -2.39. The third kappa shape index (κ3) is 9.19. The van der Waals surface area contributed by atoms with Crippen LogP contribution in [0.2, 0.25) is 0 Å². The zero-order chi connectivity index (χ0) is 22.9. The average molecular weight is 435 g/mol. The molecule has 0 radical (unpaired) electrons. The van der Waals surface area contributed by atoms with Gasteiger partial charge in [0.2, 0.25) is 0 Å². The summed E-state index contributed by atoms with van der Waals surface area (Å²) in [7, 11) is 8.32. The fourth-order valence-electron chi connectivity index (χ4n) is 2.94. The largest absolute Gasteiger partial charge is 0.492 e. The van der Waals surface area contributed by atoms with Crippen molar-refractivity contribution >= 4 is 11.7 Å². The van der Waals surface area contributed by atoms with Crippen molar-refractivity contribution in [1.29, 1.82) is 0 Å². The number of nitrogens with zero attached hydrogens (tertiary/aromatic N) is 3. The van der Waals surface area contributed by atoms with Gasteiger partial charge < -0.3 is 25.4 Å². The van der Waals surface area contributed by atoms with E-state index in [4.69, 9.17) is 20.4 Å². The van der Waals surface area contributed by atoms with E-state index in [9.17, 15) is 13.2 Å². The molecule has 0 unspecified atom stereocenters. The third-order valence-electron chi connectivity index (χ3n) is 4.64. The van der Waals surface area contributed by atoms with E-state index in [1.807, 2.05) is 0 Å². The highest BCUT2D eigenvalue weighted by Gasteiger charge is 2.38. The number of piperidine rings is 1. The van der Waals surface area contributed by atoms with Crippen LogP contribution in [0.4, 0.5) is 18.9 Å². The first kappa shape index (κ1) is 26.0. The molecule has 1 fully saturated rings. The van der Waals surface area contributed by atoms with Crippen molar-refractivity contribution in [3.8, 4) is 5.75 Å². The van der Waals surface area contributed by atoms with Crippen LogP contribution in [0.1, 0.15) is 18.4 Å². The van der Waals surface area contributed by atoms with E-state index >= 15 is 0 Å². The van der Waals surface area contributed by atoms with Crippen molar-refractivity contribution in [1.82, 2.24) is 9.80 Å². The summed E-state index contributed by atoms with van der Waals surface area (Å²) in [6, 6.07) is 6.71. The monoisotopic (exact) mass is 434 g/mol. The molecule has 0 amide bonds. The highest BCUT2D eigenvalue weighted by Crippen LogP contribution is 2.30. The van der Waals surface area contributed by atoms with Gasteiger partial charge in [-0.15, -0.1) is 0 Å². The van der Waals surface area contributed by atoms with Crippen LogP contribution in [0.5, 0.6) is 5.75 Å². The summed E-state index contributed by atoms with van der Waals surface area (Å²) < 4.78 is 37.8. The molecular weight excluding hydrogens is 401 g/mol. The normalized spacial score (nSPS) is 15.5. The first-order chi connectivity index (χ1) is 13.9. The van der Waals surface area contributed by atoms with E-state index in [0.717, 1.165) is 44.8 Å². The van der Waals surface area contributed by atoms with Gasteiger partial charge in [-0.2, -0.15) is 13.2 Å². The number of carbonyl (C=O) groups is 1. The molecule has 1 aliphatic rings. The molecule has 2 rings (SSSR count). The lowest BCUT2D eigenvalue weighted by atomic mass is 10.0. The van der Waals surface area contributed by atoms with Crippen molar-refractivity contribution in [2.45, 2.75) is 31.6 Å². The Bertz CT molecular complexity index is 661. The summed E-state index contributed by atoms with van der Waals surface area (Å²) >= 11 is 0. The van der Waals surface area contributed by atoms with Crippen LogP contribution in [-0.2, 0) is 11.3 Å². The molecule has 172 valence electrons. The molecule has 0 saturated carbocycles. The molecule has 1 saturated heterocycles. The van der Waals surface area contributed by atoms with Crippen LogP contribution in [-0.4, -0.2) is 87.5 Å². The van der Waals surface area contributed by atoms with E-state index in [1.54, 1.807) is 0 Å². The van der Waals surface area contributed by atoms with Crippen LogP contribution in [0.15, 0.2) is 18.2 Å². The summed E-state index contributed by atoms with van der Waals surface area (Å²) in [6.45, 7) is 4.70. The second kappa shape index (κ2) is 12.0. The summed E-state index contributed by atoms with van der Waals surface area (Å²) in [5, 5.41) is 7.12. The second-order valence-corrected chi connectivity index (χ2v) is 7.72. The smallest absolute Gasteiger partial charge is 0.490 e. The molecule has 0 aromatic heterocycles. The van der Waals surface area contributed by atoms with Gasteiger partial charge in [-0.05, 0) is 52.2 Å². The molecule has 30 heavy (non-hydrogen) atoms. The Morgan fingerprint density at radius 2 is 1.80 bits per heavy atom. The maximum Gasteiger partial charge on any atom is 0.490 e. The average Bonchev–Trinajstić information content (AvgIpc) is 2.64. The molecule has 1 aromatic rings. The Labute approximate surface area is 176 Å². The number of benzene rings is 1. The van der Waals surface area contributed by atoms with Crippen molar-refractivity contribution in [2.75, 3.05) is 59.3 Å². The number of halogens is 3. The molecule has 0 aliphatic carbocycles. The van der Waals surface area contributed by atoms with Gasteiger partial charge in [-0.3, -0.25) is 4.90 Å². The van der Waals surface area contributed by atoms with Crippen LogP contribution in [0.3, 0.4) is 0 Å². The Morgan fingerprint density at radius 3 is 2.27 bits per heavy atom. The zero-order valence-corrected chi connectivity index (χ0v) is 18.1. The van der Waals surface area contributed by atoms with E-state index in [-0.39, 0.29) is 0 Å². The van der Waals surface area contributed by atoms with Gasteiger partial charge in [0.1, 0.15) is 12.4 Å². The minimum Gasteiger partial charge on any atom is -0.492 e. The predicted octanol–water partition coefficient (Wildman–Crippen LogP) is 2.25. The van der Waals surface area contributed by atoms with Gasteiger partial charge >= 0.3 is 12.1 Å². The molecule has 0 atom stereocenters. The van der Waals surface area contributed by atoms with E-state index < -0.39 is 12.1 Å². The van der Waals surface area contributed by atoms with Crippen LogP contribution in [0, 0.1) is 0 Å². The number of hydrogen-bond donors (Lipinski definition) is 2. The number of likely N-dealkylation sites (N-methyl/N-ethyl adjacent to an activating group) is 1. The van der Waals surface area contributed by atoms with E-state index in [2.05, 4.69) is 61.1 Å². The second-order valence-electron chi connectivity index (χ2n) is 7.72. The number of aliphatic carboxylic acids is 1. The van der Waals surface area contributed by atoms with Crippen molar-refractivity contribution < 1.29 is 27.8 Å². The maximum atomic E-state index is 10.6. The number of carboxylic acids is 1. The minimum atomic E-state index is -5.08. The van der Waals surface area contributed by atoms with Crippen molar-refractivity contribution in [2.24, 2.45) is 5.73 Å². The van der Waals surface area contributed by atoms with Gasteiger partial charge in [0, 0.05) is 44.5 Å². The number of alkyl halides is 3. The highest BCUT2D eigenvalue weighted by molar-refractivity contribution is 5.73. The molecule has 0 spiro atoms. The van der Waals surface area contributed by atoms with Crippen LogP contribution in [0.25, 0.3) is 0 Å². The van der Waals surface area contributed by atoms with Crippen LogP contribution < -0.4 is 15.4 Å². The number of ether oxygens (including phenoxy) is 1. The summed E-state index contributed by atoms with van der Waals surface area (Å²) in [5.41, 5.74) is 8.55. The van der Waals surface area contributed by atoms with Crippen LogP contribution >= 0.6 is 0 Å². The van der Waals surface area contributed by atoms with Gasteiger partial charge in [0.25, 0.3) is 0 Å². The quantitative estimate of drug-likeness (QED) is 0.681. The zero-order valence-electron chi connectivity index (χ0n) is 18.1. The summed E-state index contributed by atoms with van der Waals surface area (Å²) in [4.78, 5) is 15.7. The van der Waals surface area contributed by atoms with Gasteiger partial charge in [0.15, 0.2) is 0 Å². The Kier molecular flexibility index (Phi) is 10.4. The number of carboxylic acid groups (broad SMARTS) is 1. The number of rotatable bonds is 7. The standard InChI is InChI=1S/C18H32N4O.C2HF3O2/c1-20(2)12-13-23-18-7-5-6-17(21(3)4)16(18)14-22-10-8-15(19)9-11-22;3-2(4,5)1(6)7/h5-7,15H,8-14,19H2,1-4H3;(H,6,7). The summed E-state index contributed by atoms with van der Waals surface area (Å²) in [5.74, 6) is -1.75. The van der Waals surface area contributed by atoms with Crippen molar-refractivity contribution in [3.63, 3.8) is 0 Å². The molecule has 1 aliphatic heterocycles. The predicted molar refractivity (Wildman–Crippen MR) is 111 cm³/mol. The number of nitrogens with two attached hydrogens (primary N) is 1. The SMILES string of the molecule is CN(C)CCOc1cccc(N(C)C)c1CN1CCC(N)CC1.O=C(O)C(F)(F)F. The fraction of sp³-hybridized carbons (Fsp3) is 0.650. The molecule has 0 bridgehead atoms. The van der Waals surface area contributed by atoms with Gasteiger partial charge in [0.05, 0.1) is 0 Å². The minimum absolute atomic E-state index is 0.367. The number of anilines is 1. The lowest BCUT2D eigenvalue weighted by molar-refractivity contribution is -0.192. The Hall–Kier alpha value is -2.04. The molecule has 3 N–H and O–H groups in total. The van der Waals surface area contributed by atoms with Gasteiger partial charge in [-0.1, -0.05) is 6.07 Å². The first-order valence-electron chi connectivity index (χ1n) is 9.76. The lowest BCUT2D eigenvalue weighted by Gasteiger charge is -2.32. The molecular formula is C20H33F3N4O3. The van der Waals surface area contributed by atoms with E-state index in [0.29, 0.717) is 12.6 Å². The Balaban J connectivity index is 0.000000553. The number of hydrogen-bond acceptors (Lipinski definition) is 6. The molecule has 7 nitrogen and oxygen atoms in total. The topological polar surface area (TPSA) is 82.3 Å². The third-order valence-corrected chi connectivity index (χ3v) is 4.64. The molecule has 1 heterocycles. The van der Waals surface area contributed by atoms with E-state index in [1.165, 1.54) is 11.3 Å². The summed E-state index contributed by atoms with van der Waals surface area (Å²) in [6.07, 6.45) is -2.91. The van der Waals surface area contributed by atoms with Crippen molar-refractivity contribution in [3.05, 3.63) is 23.8 Å². The fourth-order valence-corrected chi connectivity index (χ4v) is 2.94. The highest BCUT2D eigenvalue weighted by atomic mass is 19.4. The molecule has 10 heteroatoms. The van der Waals surface area contributed by atoms with Gasteiger partial charge in [-0.25, -0.2) is 4.79 Å². The number of likely N-dealkylation sites (tertiary alicyclic amines) is 1.